The van der Waals surface area contributed by atoms with E-state index in [4.69, 9.17) is 0 Å². The molecule has 1 fully saturated rings. The Morgan fingerprint density at radius 2 is 1.81 bits per heavy atom. The Morgan fingerprint density at radius 3 is 2.41 bits per heavy atom. The van der Waals surface area contributed by atoms with Crippen molar-refractivity contribution in [2.45, 2.75) is 37.1 Å². The van der Waals surface area contributed by atoms with Crippen molar-refractivity contribution in [2.75, 3.05) is 13.1 Å². The largest absolute Gasteiger partial charge is 0.349 e. The molecule has 1 heterocycles. The van der Waals surface area contributed by atoms with Crippen LogP contribution >= 0.6 is 0 Å². The second kappa shape index (κ2) is 8.19. The number of nitrogens with one attached hydrogen (secondary N) is 1. The van der Waals surface area contributed by atoms with E-state index < -0.39 is 15.8 Å². The van der Waals surface area contributed by atoms with Gasteiger partial charge in [-0.3, -0.25) is 4.79 Å². The van der Waals surface area contributed by atoms with E-state index in [0.29, 0.717) is 30.8 Å². The summed E-state index contributed by atoms with van der Waals surface area (Å²) in [6.07, 6.45) is 1.90. The maximum Gasteiger partial charge on any atom is 0.251 e. The molecule has 5 nitrogen and oxygen atoms in total. The summed E-state index contributed by atoms with van der Waals surface area (Å²) < 4.78 is 40.2. The highest BCUT2D eigenvalue weighted by Crippen LogP contribution is 2.21. The number of carbonyl (C=O) groups is 1. The third-order valence-corrected chi connectivity index (χ3v) is 6.76. The molecular formula is C20H23FN2O3S. The molecule has 144 valence electrons. The van der Waals surface area contributed by atoms with E-state index in [1.54, 1.807) is 18.2 Å². The topological polar surface area (TPSA) is 66.5 Å². The summed E-state index contributed by atoms with van der Waals surface area (Å²) in [4.78, 5) is 12.5. The molecule has 0 unspecified atom stereocenters. The number of carbonyl (C=O) groups excluding carboxylic acids is 1. The van der Waals surface area contributed by atoms with Crippen LogP contribution in [0.3, 0.4) is 0 Å². The molecule has 0 bridgehead atoms. The highest BCUT2D eigenvalue weighted by atomic mass is 32.2. The minimum atomic E-state index is -3.53. The van der Waals surface area contributed by atoms with Gasteiger partial charge in [0.25, 0.3) is 5.91 Å². The smallest absolute Gasteiger partial charge is 0.251 e. The predicted molar refractivity (Wildman–Crippen MR) is 101 cm³/mol. The molecule has 1 aliphatic heterocycles. The van der Waals surface area contributed by atoms with Gasteiger partial charge in [-0.15, -0.1) is 0 Å². The lowest BCUT2D eigenvalue weighted by molar-refractivity contribution is 0.0923. The SMILES string of the molecule is CCc1ccc(S(=O)(=O)N2CCC(NC(=O)c3cccc(F)c3)CC2)cc1. The summed E-state index contributed by atoms with van der Waals surface area (Å²) in [5.74, 6) is -0.802. The van der Waals surface area contributed by atoms with Crippen molar-refractivity contribution in [3.05, 3.63) is 65.5 Å². The average Bonchev–Trinajstić information content (AvgIpc) is 2.68. The normalized spacial score (nSPS) is 16.2. The number of hydrogen-bond acceptors (Lipinski definition) is 3. The highest BCUT2D eigenvalue weighted by Gasteiger charge is 2.30. The number of amides is 1. The molecular weight excluding hydrogens is 367 g/mol. The third-order valence-electron chi connectivity index (χ3n) is 4.85. The van der Waals surface area contributed by atoms with Crippen molar-refractivity contribution in [3.8, 4) is 0 Å². The van der Waals surface area contributed by atoms with Crippen LogP contribution in [-0.4, -0.2) is 37.8 Å². The number of nitrogens with zero attached hydrogens (tertiary/aromatic N) is 1. The first-order valence-corrected chi connectivity index (χ1v) is 10.5. The highest BCUT2D eigenvalue weighted by molar-refractivity contribution is 7.89. The van der Waals surface area contributed by atoms with Crippen molar-refractivity contribution < 1.29 is 17.6 Å². The number of aryl methyl sites for hydroxylation is 1. The Bertz CT molecular complexity index is 905. The monoisotopic (exact) mass is 390 g/mol. The van der Waals surface area contributed by atoms with Crippen LogP contribution < -0.4 is 5.32 Å². The van der Waals surface area contributed by atoms with Crippen LogP contribution in [0, 0.1) is 5.82 Å². The fourth-order valence-electron chi connectivity index (χ4n) is 3.19. The molecule has 27 heavy (non-hydrogen) atoms. The third kappa shape index (κ3) is 4.54. The molecule has 0 saturated carbocycles. The molecule has 2 aromatic rings. The van der Waals surface area contributed by atoms with Crippen molar-refractivity contribution >= 4 is 15.9 Å². The Hall–Kier alpha value is -2.25. The van der Waals surface area contributed by atoms with Gasteiger partial charge in [0, 0.05) is 24.7 Å². The summed E-state index contributed by atoms with van der Waals surface area (Å²) in [6.45, 7) is 2.70. The van der Waals surface area contributed by atoms with Gasteiger partial charge in [-0.05, 0) is 55.2 Å². The number of rotatable bonds is 5. The van der Waals surface area contributed by atoms with Crippen LogP contribution in [0.1, 0.15) is 35.7 Å². The first-order valence-electron chi connectivity index (χ1n) is 9.05. The van der Waals surface area contributed by atoms with Gasteiger partial charge in [-0.25, -0.2) is 12.8 Å². The maximum absolute atomic E-state index is 13.2. The molecule has 3 rings (SSSR count). The standard InChI is InChI=1S/C20H23FN2O3S/c1-2-15-6-8-19(9-7-15)27(25,26)23-12-10-18(11-13-23)22-20(24)16-4-3-5-17(21)14-16/h3-9,14,18H,2,10-13H2,1H3,(H,22,24). The van der Waals surface area contributed by atoms with Crippen molar-refractivity contribution in [3.63, 3.8) is 0 Å². The van der Waals surface area contributed by atoms with E-state index in [1.807, 2.05) is 19.1 Å². The lowest BCUT2D eigenvalue weighted by Gasteiger charge is -2.31. The second-order valence-corrected chi connectivity index (χ2v) is 8.60. The van der Waals surface area contributed by atoms with E-state index in [1.165, 1.54) is 22.5 Å². The molecule has 1 aliphatic rings. The molecule has 1 amide bonds. The van der Waals surface area contributed by atoms with Crippen LogP contribution in [0.2, 0.25) is 0 Å². The van der Waals surface area contributed by atoms with Gasteiger partial charge in [0.2, 0.25) is 10.0 Å². The van der Waals surface area contributed by atoms with Crippen LogP contribution in [0.15, 0.2) is 53.4 Å². The van der Waals surface area contributed by atoms with Gasteiger partial charge in [0.05, 0.1) is 4.90 Å². The van der Waals surface area contributed by atoms with Gasteiger partial charge >= 0.3 is 0 Å². The first kappa shape index (κ1) is 19.5. The van der Waals surface area contributed by atoms with Crippen LogP contribution in [0.25, 0.3) is 0 Å². The zero-order valence-electron chi connectivity index (χ0n) is 15.2. The van der Waals surface area contributed by atoms with Crippen LogP contribution in [-0.2, 0) is 16.4 Å². The van der Waals surface area contributed by atoms with Crippen molar-refractivity contribution in [1.82, 2.24) is 9.62 Å². The maximum atomic E-state index is 13.2. The molecule has 0 spiro atoms. The van der Waals surface area contributed by atoms with E-state index in [0.717, 1.165) is 12.0 Å². The average molecular weight is 390 g/mol. The lowest BCUT2D eigenvalue weighted by Crippen LogP contribution is -2.46. The molecule has 1 N–H and O–H groups in total. The van der Waals surface area contributed by atoms with Gasteiger partial charge < -0.3 is 5.32 Å². The fraction of sp³-hybridized carbons (Fsp3) is 0.350. The summed E-state index contributed by atoms with van der Waals surface area (Å²) in [6, 6.07) is 12.3. The first-order chi connectivity index (χ1) is 12.9. The van der Waals surface area contributed by atoms with Crippen molar-refractivity contribution in [1.29, 1.82) is 0 Å². The Balaban J connectivity index is 1.60. The minimum absolute atomic E-state index is 0.130. The van der Waals surface area contributed by atoms with E-state index in [9.17, 15) is 17.6 Å². The van der Waals surface area contributed by atoms with E-state index in [-0.39, 0.29) is 17.5 Å². The number of benzene rings is 2. The summed E-state index contributed by atoms with van der Waals surface area (Å²) in [7, 11) is -3.53. The van der Waals surface area contributed by atoms with Crippen LogP contribution in [0.5, 0.6) is 0 Å². The van der Waals surface area contributed by atoms with Gasteiger partial charge in [0.15, 0.2) is 0 Å². The Morgan fingerprint density at radius 1 is 1.15 bits per heavy atom. The lowest BCUT2D eigenvalue weighted by atomic mass is 10.1. The molecule has 0 atom stereocenters. The number of sulfonamides is 1. The number of hydrogen-bond donors (Lipinski definition) is 1. The minimum Gasteiger partial charge on any atom is -0.349 e. The van der Waals surface area contributed by atoms with Crippen LogP contribution in [0.4, 0.5) is 4.39 Å². The van der Waals surface area contributed by atoms with E-state index in [2.05, 4.69) is 5.32 Å². The number of halogens is 1. The zero-order valence-corrected chi connectivity index (χ0v) is 16.0. The second-order valence-electron chi connectivity index (χ2n) is 6.66. The quantitative estimate of drug-likeness (QED) is 0.854. The summed E-state index contributed by atoms with van der Waals surface area (Å²) in [5.41, 5.74) is 1.36. The van der Waals surface area contributed by atoms with Gasteiger partial charge in [0.1, 0.15) is 5.82 Å². The van der Waals surface area contributed by atoms with Crippen molar-refractivity contribution in [2.24, 2.45) is 0 Å². The number of piperidine rings is 1. The molecule has 7 heteroatoms. The predicted octanol–water partition coefficient (Wildman–Crippen LogP) is 2.97. The zero-order chi connectivity index (χ0) is 19.4. The molecule has 1 saturated heterocycles. The fourth-order valence-corrected chi connectivity index (χ4v) is 4.65. The molecule has 2 aromatic carbocycles. The Labute approximate surface area is 159 Å². The summed E-state index contributed by atoms with van der Waals surface area (Å²) in [5, 5.41) is 2.86. The molecule has 0 radical (unpaired) electrons. The Kier molecular flexibility index (Phi) is 5.92. The molecule has 0 aromatic heterocycles. The summed E-state index contributed by atoms with van der Waals surface area (Å²) >= 11 is 0. The van der Waals surface area contributed by atoms with Gasteiger partial charge in [-0.1, -0.05) is 25.1 Å². The van der Waals surface area contributed by atoms with Gasteiger partial charge in [-0.2, -0.15) is 4.31 Å². The van der Waals surface area contributed by atoms with E-state index >= 15 is 0 Å². The molecule has 0 aliphatic carbocycles.